The number of hydrogen-bond donors (Lipinski definition) is 2. The molecule has 1 aromatic rings. The van der Waals surface area contributed by atoms with Gasteiger partial charge in [0.05, 0.1) is 6.04 Å². The molecule has 0 bridgehead atoms. The normalized spacial score (nSPS) is 19.8. The smallest absolute Gasteiger partial charge is 0.325 e. The Kier molecular flexibility index (Phi) is 4.78. The van der Waals surface area contributed by atoms with E-state index in [2.05, 4.69) is 29.7 Å². The molecule has 6 heteroatoms. The van der Waals surface area contributed by atoms with Gasteiger partial charge in [-0.1, -0.05) is 25.0 Å². The zero-order chi connectivity index (χ0) is 19.1. The second-order valence-corrected chi connectivity index (χ2v) is 7.69. The minimum atomic E-state index is -0.770. The average molecular weight is 357 g/mol. The van der Waals surface area contributed by atoms with Gasteiger partial charge in [0, 0.05) is 0 Å². The molecule has 1 aromatic carbocycles. The maximum atomic E-state index is 12.6. The molecule has 1 aliphatic carbocycles. The van der Waals surface area contributed by atoms with Crippen LogP contribution < -0.4 is 10.6 Å². The number of aryl methyl sites for hydroxylation is 3. The van der Waals surface area contributed by atoms with E-state index in [1.54, 1.807) is 0 Å². The SMILES string of the molecule is Cc1cc(C)c([C@@H](C)NC(=O)CN2C(=O)NC3(CCCC3)C2=O)cc1C. The standard InChI is InChI=1S/C20H27N3O3/c1-12-9-14(3)16(10-13(12)2)15(4)21-17(24)11-23-18(25)20(22-19(23)26)7-5-6-8-20/h9-10,15H,5-8,11H2,1-4H3,(H,21,24)(H,22,26)/t15-/m1/s1. The van der Waals surface area contributed by atoms with Gasteiger partial charge in [0.25, 0.3) is 5.91 Å². The number of carbonyl (C=O) groups excluding carboxylic acids is 3. The molecule has 1 atom stereocenters. The molecule has 2 N–H and O–H groups in total. The van der Waals surface area contributed by atoms with E-state index in [0.717, 1.165) is 28.9 Å². The molecular formula is C20H27N3O3. The molecule has 1 heterocycles. The number of nitrogens with zero attached hydrogens (tertiary/aromatic N) is 1. The van der Waals surface area contributed by atoms with Crippen molar-refractivity contribution < 1.29 is 14.4 Å². The first kappa shape index (κ1) is 18.4. The zero-order valence-electron chi connectivity index (χ0n) is 15.9. The molecule has 0 unspecified atom stereocenters. The van der Waals surface area contributed by atoms with Gasteiger partial charge >= 0.3 is 6.03 Å². The minimum Gasteiger partial charge on any atom is -0.348 e. The molecule has 4 amide bonds. The van der Waals surface area contributed by atoms with Crippen LogP contribution in [0.15, 0.2) is 12.1 Å². The molecule has 1 spiro atoms. The summed E-state index contributed by atoms with van der Waals surface area (Å²) in [4.78, 5) is 38.3. The first-order valence-electron chi connectivity index (χ1n) is 9.25. The lowest BCUT2D eigenvalue weighted by Crippen LogP contribution is -2.45. The van der Waals surface area contributed by atoms with E-state index < -0.39 is 11.6 Å². The maximum Gasteiger partial charge on any atom is 0.325 e. The van der Waals surface area contributed by atoms with Gasteiger partial charge in [-0.05, 0) is 62.8 Å². The lowest BCUT2D eigenvalue weighted by atomic mass is 9.96. The Bertz CT molecular complexity index is 766. The van der Waals surface area contributed by atoms with Crippen LogP contribution in [-0.2, 0) is 9.59 Å². The van der Waals surface area contributed by atoms with Crippen molar-refractivity contribution in [1.82, 2.24) is 15.5 Å². The van der Waals surface area contributed by atoms with Gasteiger partial charge in [-0.3, -0.25) is 14.5 Å². The minimum absolute atomic E-state index is 0.192. The van der Waals surface area contributed by atoms with E-state index in [-0.39, 0.29) is 24.4 Å². The van der Waals surface area contributed by atoms with Crippen LogP contribution in [0.1, 0.15) is 60.9 Å². The van der Waals surface area contributed by atoms with Crippen LogP contribution in [-0.4, -0.2) is 34.8 Å². The van der Waals surface area contributed by atoms with Gasteiger partial charge in [-0.15, -0.1) is 0 Å². The summed E-state index contributed by atoms with van der Waals surface area (Å²) in [6.07, 6.45) is 3.17. The number of benzene rings is 1. The van der Waals surface area contributed by atoms with Crippen LogP contribution in [0, 0.1) is 20.8 Å². The Hall–Kier alpha value is -2.37. The van der Waals surface area contributed by atoms with E-state index in [1.807, 2.05) is 20.8 Å². The van der Waals surface area contributed by atoms with Crippen molar-refractivity contribution in [3.8, 4) is 0 Å². The number of nitrogens with one attached hydrogen (secondary N) is 2. The topological polar surface area (TPSA) is 78.5 Å². The molecule has 0 radical (unpaired) electrons. The summed E-state index contributed by atoms with van der Waals surface area (Å²) in [5.74, 6) is -0.584. The van der Waals surface area contributed by atoms with Crippen molar-refractivity contribution >= 4 is 17.8 Å². The number of urea groups is 1. The fraction of sp³-hybridized carbons (Fsp3) is 0.550. The van der Waals surface area contributed by atoms with Crippen LogP contribution in [0.4, 0.5) is 4.79 Å². The van der Waals surface area contributed by atoms with Crippen molar-refractivity contribution in [3.05, 3.63) is 34.4 Å². The number of hydrogen-bond acceptors (Lipinski definition) is 3. The molecule has 1 saturated heterocycles. The average Bonchev–Trinajstić information content (AvgIpc) is 3.12. The summed E-state index contributed by atoms with van der Waals surface area (Å²) >= 11 is 0. The van der Waals surface area contributed by atoms with Gasteiger partial charge < -0.3 is 10.6 Å². The Balaban J connectivity index is 1.66. The zero-order valence-corrected chi connectivity index (χ0v) is 15.9. The predicted molar refractivity (Wildman–Crippen MR) is 98.7 cm³/mol. The third-order valence-electron chi connectivity index (χ3n) is 5.73. The molecule has 140 valence electrons. The highest BCUT2D eigenvalue weighted by atomic mass is 16.2. The number of amides is 4. The van der Waals surface area contributed by atoms with Crippen LogP contribution in [0.5, 0.6) is 0 Å². The van der Waals surface area contributed by atoms with E-state index >= 15 is 0 Å². The van der Waals surface area contributed by atoms with E-state index in [9.17, 15) is 14.4 Å². The summed E-state index contributed by atoms with van der Waals surface area (Å²) in [7, 11) is 0. The van der Waals surface area contributed by atoms with Gasteiger partial charge in [-0.2, -0.15) is 0 Å². The highest BCUT2D eigenvalue weighted by Gasteiger charge is 2.52. The van der Waals surface area contributed by atoms with Crippen molar-refractivity contribution in [2.45, 2.75) is 65.0 Å². The fourth-order valence-corrected chi connectivity index (χ4v) is 4.10. The second-order valence-electron chi connectivity index (χ2n) is 7.69. The van der Waals surface area contributed by atoms with E-state index in [4.69, 9.17) is 0 Å². The largest absolute Gasteiger partial charge is 0.348 e. The third kappa shape index (κ3) is 3.20. The van der Waals surface area contributed by atoms with Gasteiger partial charge in [0.15, 0.2) is 0 Å². The quantitative estimate of drug-likeness (QED) is 0.813. The van der Waals surface area contributed by atoms with E-state index in [0.29, 0.717) is 12.8 Å². The number of carbonyl (C=O) groups is 3. The Morgan fingerprint density at radius 1 is 1.15 bits per heavy atom. The molecule has 0 aromatic heterocycles. The molecular weight excluding hydrogens is 330 g/mol. The lowest BCUT2D eigenvalue weighted by molar-refractivity contribution is -0.135. The first-order valence-corrected chi connectivity index (χ1v) is 9.25. The Labute approximate surface area is 154 Å². The molecule has 26 heavy (non-hydrogen) atoms. The predicted octanol–water partition coefficient (Wildman–Crippen LogP) is 2.65. The van der Waals surface area contributed by atoms with Gasteiger partial charge in [0.1, 0.15) is 12.1 Å². The molecule has 2 fully saturated rings. The van der Waals surface area contributed by atoms with Crippen molar-refractivity contribution in [3.63, 3.8) is 0 Å². The van der Waals surface area contributed by atoms with Crippen LogP contribution >= 0.6 is 0 Å². The van der Waals surface area contributed by atoms with Crippen molar-refractivity contribution in [2.24, 2.45) is 0 Å². The lowest BCUT2D eigenvalue weighted by Gasteiger charge is -2.21. The molecule has 3 rings (SSSR count). The maximum absolute atomic E-state index is 12.6. The summed E-state index contributed by atoms with van der Waals surface area (Å²) in [6.45, 7) is 7.80. The summed E-state index contributed by atoms with van der Waals surface area (Å²) in [6, 6.07) is 3.54. The fourth-order valence-electron chi connectivity index (χ4n) is 4.10. The number of rotatable bonds is 4. The number of imide groups is 1. The van der Waals surface area contributed by atoms with Crippen molar-refractivity contribution in [2.75, 3.05) is 6.54 Å². The highest BCUT2D eigenvalue weighted by Crippen LogP contribution is 2.34. The van der Waals surface area contributed by atoms with E-state index in [1.165, 1.54) is 11.1 Å². The van der Waals surface area contributed by atoms with Gasteiger partial charge in [0.2, 0.25) is 5.91 Å². The molecule has 6 nitrogen and oxygen atoms in total. The Morgan fingerprint density at radius 2 is 1.77 bits per heavy atom. The Morgan fingerprint density at radius 3 is 2.42 bits per heavy atom. The molecule has 1 saturated carbocycles. The van der Waals surface area contributed by atoms with Crippen molar-refractivity contribution in [1.29, 1.82) is 0 Å². The highest BCUT2D eigenvalue weighted by molar-refractivity contribution is 6.09. The molecule has 1 aliphatic heterocycles. The van der Waals surface area contributed by atoms with Crippen LogP contribution in [0.3, 0.4) is 0 Å². The summed E-state index contributed by atoms with van der Waals surface area (Å²) < 4.78 is 0. The third-order valence-corrected chi connectivity index (χ3v) is 5.73. The van der Waals surface area contributed by atoms with Crippen LogP contribution in [0.25, 0.3) is 0 Å². The van der Waals surface area contributed by atoms with Gasteiger partial charge in [-0.25, -0.2) is 4.79 Å². The van der Waals surface area contributed by atoms with Crippen LogP contribution in [0.2, 0.25) is 0 Å². The monoisotopic (exact) mass is 357 g/mol. The summed E-state index contributed by atoms with van der Waals surface area (Å²) in [5, 5.41) is 5.72. The second kappa shape index (κ2) is 6.74. The first-order chi connectivity index (χ1) is 12.2. The summed E-state index contributed by atoms with van der Waals surface area (Å²) in [5.41, 5.74) is 3.77. The molecule has 2 aliphatic rings.